The molecule has 6 rings (SSSR count). The van der Waals surface area contributed by atoms with Crippen molar-refractivity contribution in [2.24, 2.45) is 17.8 Å². The third kappa shape index (κ3) is 8.77. The van der Waals surface area contributed by atoms with Crippen LogP contribution in [0, 0.1) is 17.8 Å². The highest BCUT2D eigenvalue weighted by molar-refractivity contribution is 7.91. The zero-order valence-corrected chi connectivity index (χ0v) is 34.4. The molecule has 2 aliphatic heterocycles. The van der Waals surface area contributed by atoms with E-state index in [1.807, 2.05) is 19.9 Å². The zero-order chi connectivity index (χ0) is 41.5. The van der Waals surface area contributed by atoms with E-state index in [2.05, 4.69) is 20.3 Å². The number of sulfonamides is 1. The lowest BCUT2D eigenvalue weighted by atomic mass is 9.88. The Morgan fingerprint density at radius 3 is 2.44 bits per heavy atom. The van der Waals surface area contributed by atoms with Crippen LogP contribution in [-0.2, 0) is 29.1 Å². The van der Waals surface area contributed by atoms with Crippen molar-refractivity contribution in [1.82, 2.24) is 25.2 Å². The van der Waals surface area contributed by atoms with Gasteiger partial charge < -0.3 is 34.5 Å². The Labute approximate surface area is 332 Å². The third-order valence-corrected chi connectivity index (χ3v) is 13.6. The maximum atomic E-state index is 14.8. The van der Waals surface area contributed by atoms with Crippen LogP contribution in [-0.4, -0.2) is 104 Å². The average Bonchev–Trinajstić information content (AvgIpc) is 4.05. The lowest BCUT2D eigenvalue weighted by Crippen LogP contribution is -2.59. The number of carbonyl (C=O) groups excluding carboxylic acids is 4. The number of benzene rings is 1. The molecule has 57 heavy (non-hydrogen) atoms. The van der Waals surface area contributed by atoms with Crippen molar-refractivity contribution in [1.29, 1.82) is 0 Å². The van der Waals surface area contributed by atoms with Crippen molar-refractivity contribution < 1.29 is 50.9 Å². The molecule has 3 fully saturated rings. The molecule has 2 saturated carbocycles. The van der Waals surface area contributed by atoms with Crippen molar-refractivity contribution >= 4 is 44.6 Å². The number of rotatable bonds is 9. The molecule has 0 radical (unpaired) electrons. The Hall–Kier alpha value is -4.67. The second-order valence-electron chi connectivity index (χ2n) is 17.0. The number of carbonyl (C=O) groups is 4. The molecule has 1 aromatic carbocycles. The minimum atomic E-state index is -4.40. The van der Waals surface area contributed by atoms with Crippen LogP contribution in [0.4, 0.5) is 9.18 Å². The summed E-state index contributed by atoms with van der Waals surface area (Å²) in [5.41, 5.74) is -2.52. The standard InChI is InChI=1S/C40H54FN5O10S/c1-23-10-8-9-11-26-20-40(26,36(49)45-57(51,52)39(22-41)13-14-39)44-33(47)29-18-27(55-34-28-19-31(54-7)30(53-6)17-25(28)12-15-42-34)21-46(29)35(48)32(24(2)16-23)43-37(50)56-38(3,4)5/h9,11-12,15,17,19,23-24,26-27,29,32H,8,10,13-14,16,18,20-22H2,1-7H3,(H,43,50)(H,44,47)(H,45,49)/b11-9-/t23-,24+,26?,27+,29-,32-,40+/m0/s1. The predicted molar refractivity (Wildman–Crippen MR) is 208 cm³/mol. The van der Waals surface area contributed by atoms with Crippen molar-refractivity contribution in [3.8, 4) is 17.4 Å². The molecule has 1 saturated heterocycles. The van der Waals surface area contributed by atoms with Crippen LogP contribution >= 0.6 is 0 Å². The van der Waals surface area contributed by atoms with E-state index in [4.69, 9.17) is 18.9 Å². The van der Waals surface area contributed by atoms with Gasteiger partial charge in [-0.25, -0.2) is 22.6 Å². The van der Waals surface area contributed by atoms with Gasteiger partial charge in [-0.3, -0.25) is 19.1 Å². The molecule has 312 valence electrons. The SMILES string of the molecule is COc1cc2ccnc(O[C@@H]3C[C@H]4C(=O)N[C@]5(C(=O)NS(=O)(=O)C6(CF)CC6)CC5/C=C\CC[C@H](C)C[C@@H](C)[C@H](NC(=O)OC(C)(C)C)C(=O)N4C3)c2cc1OC. The summed E-state index contributed by atoms with van der Waals surface area (Å²) in [4.78, 5) is 62.3. The van der Waals surface area contributed by atoms with E-state index < -0.39 is 80.5 Å². The van der Waals surface area contributed by atoms with Crippen molar-refractivity contribution in [3.63, 3.8) is 0 Å². The molecule has 17 heteroatoms. The Morgan fingerprint density at radius 2 is 1.79 bits per heavy atom. The van der Waals surface area contributed by atoms with Crippen LogP contribution in [0.3, 0.4) is 0 Å². The molecular weight excluding hydrogens is 762 g/mol. The van der Waals surface area contributed by atoms with E-state index >= 15 is 0 Å². The van der Waals surface area contributed by atoms with Gasteiger partial charge in [0.05, 0.1) is 20.8 Å². The molecule has 1 aromatic heterocycles. The topological polar surface area (TPSA) is 192 Å². The number of fused-ring (bicyclic) bond motifs is 3. The van der Waals surface area contributed by atoms with E-state index in [1.54, 1.807) is 51.2 Å². The first kappa shape index (κ1) is 41.9. The fraction of sp³-hybridized carbons (Fsp3) is 0.625. The van der Waals surface area contributed by atoms with Crippen LogP contribution in [0.5, 0.6) is 17.4 Å². The summed E-state index contributed by atoms with van der Waals surface area (Å²) in [6.45, 7) is 7.82. The quantitative estimate of drug-likeness (QED) is 0.306. The van der Waals surface area contributed by atoms with E-state index in [0.717, 1.165) is 11.8 Å². The fourth-order valence-corrected chi connectivity index (χ4v) is 9.34. The van der Waals surface area contributed by atoms with Crippen LogP contribution in [0.15, 0.2) is 36.5 Å². The minimum Gasteiger partial charge on any atom is -0.493 e. The Balaban J connectivity index is 1.36. The first-order valence-corrected chi connectivity index (χ1v) is 20.9. The number of hydrogen-bond donors (Lipinski definition) is 3. The summed E-state index contributed by atoms with van der Waals surface area (Å²) in [7, 11) is -1.37. The van der Waals surface area contributed by atoms with E-state index in [-0.39, 0.29) is 49.9 Å². The van der Waals surface area contributed by atoms with Gasteiger partial charge in [0, 0.05) is 23.9 Å². The highest BCUT2D eigenvalue weighted by Gasteiger charge is 2.64. The summed E-state index contributed by atoms with van der Waals surface area (Å²) in [5.74, 6) is -1.91. The molecule has 3 heterocycles. The molecule has 7 atom stereocenters. The molecule has 4 amide bonds. The van der Waals surface area contributed by atoms with E-state index in [9.17, 15) is 32.0 Å². The number of ether oxygens (including phenoxy) is 4. The normalized spacial score (nSPS) is 29.4. The zero-order valence-electron chi connectivity index (χ0n) is 33.6. The third-order valence-electron chi connectivity index (χ3n) is 11.4. The number of methoxy groups -OCH3 is 2. The maximum Gasteiger partial charge on any atom is 0.408 e. The summed E-state index contributed by atoms with van der Waals surface area (Å²) < 4.78 is 63.7. The molecule has 1 unspecified atom stereocenters. The van der Waals surface area contributed by atoms with Gasteiger partial charge >= 0.3 is 6.09 Å². The first-order chi connectivity index (χ1) is 26.9. The highest BCUT2D eigenvalue weighted by Crippen LogP contribution is 2.48. The average molecular weight is 816 g/mol. The number of alkyl halides is 1. The number of nitrogens with one attached hydrogen (secondary N) is 3. The second kappa shape index (κ2) is 15.9. The molecule has 0 spiro atoms. The number of nitrogens with zero attached hydrogens (tertiary/aromatic N) is 2. The summed E-state index contributed by atoms with van der Waals surface area (Å²) in [6.07, 6.45) is 5.80. The number of hydrogen-bond acceptors (Lipinski definition) is 11. The fourth-order valence-electron chi connectivity index (χ4n) is 7.91. The summed E-state index contributed by atoms with van der Waals surface area (Å²) in [6, 6.07) is 2.96. The van der Waals surface area contributed by atoms with Gasteiger partial charge in [0.25, 0.3) is 5.91 Å². The molecule has 0 bridgehead atoms. The van der Waals surface area contributed by atoms with Crippen LogP contribution in [0.25, 0.3) is 10.8 Å². The smallest absolute Gasteiger partial charge is 0.408 e. The van der Waals surface area contributed by atoms with Crippen molar-refractivity contribution in [2.45, 2.75) is 114 Å². The van der Waals surface area contributed by atoms with Gasteiger partial charge in [0.2, 0.25) is 27.7 Å². The van der Waals surface area contributed by atoms with Gasteiger partial charge in [-0.05, 0) is 94.7 Å². The predicted octanol–water partition coefficient (Wildman–Crippen LogP) is 4.33. The number of pyridine rings is 1. The Kier molecular flexibility index (Phi) is 11.7. The highest BCUT2D eigenvalue weighted by atomic mass is 32.2. The van der Waals surface area contributed by atoms with Gasteiger partial charge in [0.1, 0.15) is 40.7 Å². The van der Waals surface area contributed by atoms with E-state index in [0.29, 0.717) is 29.7 Å². The minimum absolute atomic E-state index is 0.0334. The number of allylic oxidation sites excluding steroid dienone is 1. The second-order valence-corrected chi connectivity index (χ2v) is 19.1. The lowest BCUT2D eigenvalue weighted by Gasteiger charge is -2.33. The van der Waals surface area contributed by atoms with Gasteiger partial charge in [-0.2, -0.15) is 0 Å². The van der Waals surface area contributed by atoms with Crippen LogP contribution in [0.2, 0.25) is 0 Å². The van der Waals surface area contributed by atoms with Crippen LogP contribution in [0.1, 0.15) is 79.6 Å². The Bertz CT molecular complexity index is 2040. The first-order valence-electron chi connectivity index (χ1n) is 19.4. The molecule has 4 aliphatic rings. The molecule has 3 N–H and O–H groups in total. The monoisotopic (exact) mass is 815 g/mol. The van der Waals surface area contributed by atoms with Crippen molar-refractivity contribution in [3.05, 3.63) is 36.5 Å². The number of alkyl carbamates (subject to hydrolysis) is 1. The van der Waals surface area contributed by atoms with E-state index in [1.165, 1.54) is 19.1 Å². The lowest BCUT2D eigenvalue weighted by molar-refractivity contribution is -0.142. The number of halogens is 1. The maximum absolute atomic E-state index is 14.8. The molecule has 2 aromatic rings. The Morgan fingerprint density at radius 1 is 1.09 bits per heavy atom. The van der Waals surface area contributed by atoms with Crippen molar-refractivity contribution in [2.75, 3.05) is 27.4 Å². The molecule has 15 nitrogen and oxygen atoms in total. The molecule has 2 aliphatic carbocycles. The van der Waals surface area contributed by atoms with Gasteiger partial charge in [0.15, 0.2) is 11.5 Å². The van der Waals surface area contributed by atoms with Gasteiger partial charge in [-0.1, -0.05) is 26.0 Å². The van der Waals surface area contributed by atoms with Gasteiger partial charge in [-0.15, -0.1) is 0 Å². The summed E-state index contributed by atoms with van der Waals surface area (Å²) in [5, 5.41) is 6.93. The van der Waals surface area contributed by atoms with Crippen LogP contribution < -0.4 is 29.6 Å². The largest absolute Gasteiger partial charge is 0.493 e. The number of amides is 4. The summed E-state index contributed by atoms with van der Waals surface area (Å²) >= 11 is 0. The molecular formula is C40H54FN5O10S. The number of aromatic nitrogens is 1.